The highest BCUT2D eigenvalue weighted by Gasteiger charge is 2.00. The van der Waals surface area contributed by atoms with E-state index in [9.17, 15) is 0 Å². The van der Waals surface area contributed by atoms with Crippen molar-refractivity contribution in [2.24, 2.45) is 0 Å². The van der Waals surface area contributed by atoms with Crippen molar-refractivity contribution in [2.75, 3.05) is 0 Å². The number of benzene rings is 2. The number of rotatable bonds is 4. The van der Waals surface area contributed by atoms with E-state index in [1.165, 1.54) is 22.9 Å². The molecule has 0 fully saturated rings. The van der Waals surface area contributed by atoms with E-state index in [4.69, 9.17) is 0 Å². The lowest BCUT2D eigenvalue weighted by Crippen LogP contribution is -1.91. The van der Waals surface area contributed by atoms with Crippen molar-refractivity contribution in [2.45, 2.75) is 11.5 Å². The summed E-state index contributed by atoms with van der Waals surface area (Å²) in [6.07, 6.45) is 0. The molecular formula is C14H15S+. The first-order valence-electron chi connectivity index (χ1n) is 5.16. The summed E-state index contributed by atoms with van der Waals surface area (Å²) >= 11 is 1.47. The molecule has 2 aromatic rings. The lowest BCUT2D eigenvalue weighted by molar-refractivity contribution is 1.36. The smallest absolute Gasteiger partial charge is 0.0622 e. The zero-order chi connectivity index (χ0) is 10.3. The van der Waals surface area contributed by atoms with Gasteiger partial charge in [0.1, 0.15) is 11.5 Å². The fraction of sp³-hybridized carbons (Fsp3) is 0.143. The molecule has 0 aliphatic carbocycles. The van der Waals surface area contributed by atoms with Gasteiger partial charge in [-0.15, -0.1) is 0 Å². The van der Waals surface area contributed by atoms with Gasteiger partial charge in [-0.3, -0.25) is 0 Å². The first-order valence-corrected chi connectivity index (χ1v) is 6.43. The SMILES string of the molecule is c1ccc(C[SH+]Cc2ccccc2)cc1. The summed E-state index contributed by atoms with van der Waals surface area (Å²) in [6, 6.07) is 21.3. The maximum Gasteiger partial charge on any atom is 0.131 e. The van der Waals surface area contributed by atoms with Crippen molar-refractivity contribution in [3.05, 3.63) is 71.8 Å². The summed E-state index contributed by atoms with van der Waals surface area (Å²) < 4.78 is 0. The Hall–Kier alpha value is -1.21. The number of hydrogen-bond donors (Lipinski definition) is 0. The average molecular weight is 215 g/mol. The van der Waals surface area contributed by atoms with Gasteiger partial charge >= 0.3 is 0 Å². The van der Waals surface area contributed by atoms with Crippen LogP contribution in [0, 0.1) is 0 Å². The highest BCUT2D eigenvalue weighted by Crippen LogP contribution is 2.05. The Labute approximate surface area is 95.3 Å². The molecule has 0 spiro atoms. The van der Waals surface area contributed by atoms with Gasteiger partial charge in [0.15, 0.2) is 0 Å². The number of hydrogen-bond acceptors (Lipinski definition) is 0. The molecule has 15 heavy (non-hydrogen) atoms. The summed E-state index contributed by atoms with van der Waals surface area (Å²) in [5, 5.41) is 0. The largest absolute Gasteiger partial charge is 0.131 e. The highest BCUT2D eigenvalue weighted by molar-refractivity contribution is 7.76. The Morgan fingerprint density at radius 3 is 1.40 bits per heavy atom. The summed E-state index contributed by atoms with van der Waals surface area (Å²) in [6.45, 7) is 0. The van der Waals surface area contributed by atoms with E-state index >= 15 is 0 Å². The van der Waals surface area contributed by atoms with E-state index in [1.807, 2.05) is 0 Å². The van der Waals surface area contributed by atoms with Crippen LogP contribution in [0.1, 0.15) is 11.1 Å². The minimum Gasteiger partial charge on any atom is -0.0622 e. The molecule has 0 unspecified atom stereocenters. The zero-order valence-corrected chi connectivity index (χ0v) is 9.53. The summed E-state index contributed by atoms with van der Waals surface area (Å²) in [5.74, 6) is 2.30. The van der Waals surface area contributed by atoms with E-state index in [0.29, 0.717) is 0 Å². The third kappa shape index (κ3) is 3.45. The lowest BCUT2D eigenvalue weighted by atomic mass is 10.2. The van der Waals surface area contributed by atoms with E-state index in [1.54, 1.807) is 0 Å². The summed E-state index contributed by atoms with van der Waals surface area (Å²) in [4.78, 5) is 0. The van der Waals surface area contributed by atoms with E-state index in [2.05, 4.69) is 60.7 Å². The predicted molar refractivity (Wildman–Crippen MR) is 69.1 cm³/mol. The fourth-order valence-electron chi connectivity index (χ4n) is 1.48. The maximum atomic E-state index is 2.19. The molecule has 76 valence electrons. The zero-order valence-electron chi connectivity index (χ0n) is 8.63. The molecule has 2 rings (SSSR count). The second-order valence-corrected chi connectivity index (χ2v) is 4.59. The lowest BCUT2D eigenvalue weighted by Gasteiger charge is -1.95. The van der Waals surface area contributed by atoms with Crippen molar-refractivity contribution in [3.63, 3.8) is 0 Å². The van der Waals surface area contributed by atoms with Crippen molar-refractivity contribution >= 4 is 11.8 Å². The van der Waals surface area contributed by atoms with Crippen molar-refractivity contribution in [1.29, 1.82) is 0 Å². The predicted octanol–water partition coefficient (Wildman–Crippen LogP) is 3.20. The van der Waals surface area contributed by atoms with Gasteiger partial charge in [0, 0.05) is 11.1 Å². The molecule has 0 radical (unpaired) electrons. The van der Waals surface area contributed by atoms with Crippen molar-refractivity contribution < 1.29 is 0 Å². The molecule has 0 saturated heterocycles. The highest BCUT2D eigenvalue weighted by atomic mass is 32.2. The van der Waals surface area contributed by atoms with Crippen molar-refractivity contribution in [1.82, 2.24) is 0 Å². The van der Waals surface area contributed by atoms with Gasteiger partial charge in [-0.2, -0.15) is 0 Å². The normalized spacial score (nSPS) is 10.1. The Bertz CT molecular complexity index is 341. The molecule has 0 aliphatic heterocycles. The van der Waals surface area contributed by atoms with Crippen LogP contribution in [0.5, 0.6) is 0 Å². The Kier molecular flexibility index (Phi) is 3.86. The quantitative estimate of drug-likeness (QED) is 0.543. The van der Waals surface area contributed by atoms with Crippen molar-refractivity contribution in [3.8, 4) is 0 Å². The van der Waals surface area contributed by atoms with E-state index in [0.717, 1.165) is 11.5 Å². The van der Waals surface area contributed by atoms with E-state index in [-0.39, 0.29) is 0 Å². The molecule has 0 N–H and O–H groups in total. The standard InChI is InChI=1S/C14H14S/c1-3-7-13(8-4-1)11-15-12-14-9-5-2-6-10-14/h1-10H,11-12H2/p+1. The Morgan fingerprint density at radius 1 is 0.600 bits per heavy atom. The Balaban J connectivity index is 1.81. The first kappa shape index (κ1) is 10.3. The molecule has 0 saturated carbocycles. The topological polar surface area (TPSA) is 0 Å². The molecule has 0 atom stereocenters. The molecule has 1 heteroatoms. The Morgan fingerprint density at radius 2 is 1.00 bits per heavy atom. The maximum absolute atomic E-state index is 2.19. The summed E-state index contributed by atoms with van der Waals surface area (Å²) in [7, 11) is 0. The summed E-state index contributed by atoms with van der Waals surface area (Å²) in [5.41, 5.74) is 2.85. The molecule has 0 bridgehead atoms. The average Bonchev–Trinajstić information content (AvgIpc) is 2.32. The van der Waals surface area contributed by atoms with Gasteiger partial charge < -0.3 is 0 Å². The van der Waals surface area contributed by atoms with Gasteiger partial charge in [0.05, 0.1) is 0 Å². The van der Waals surface area contributed by atoms with Crippen LogP contribution in [0.4, 0.5) is 0 Å². The number of thiol groups is 1. The van der Waals surface area contributed by atoms with E-state index < -0.39 is 0 Å². The van der Waals surface area contributed by atoms with Crippen LogP contribution < -0.4 is 0 Å². The van der Waals surface area contributed by atoms with Crippen LogP contribution in [-0.4, -0.2) is 0 Å². The van der Waals surface area contributed by atoms with Crippen LogP contribution in [-0.2, 0) is 23.3 Å². The minimum atomic E-state index is 1.15. The molecule has 0 heterocycles. The van der Waals surface area contributed by atoms with Gasteiger partial charge in [-0.1, -0.05) is 60.7 Å². The molecular weight excluding hydrogens is 200 g/mol. The third-order valence-corrected chi connectivity index (χ3v) is 3.45. The van der Waals surface area contributed by atoms with Gasteiger partial charge in [-0.05, 0) is 11.8 Å². The molecule has 2 aromatic carbocycles. The monoisotopic (exact) mass is 215 g/mol. The molecule has 0 aromatic heterocycles. The van der Waals surface area contributed by atoms with Crippen LogP contribution in [0.25, 0.3) is 0 Å². The third-order valence-electron chi connectivity index (χ3n) is 2.27. The molecule has 0 amide bonds. The molecule has 0 nitrogen and oxygen atoms in total. The fourth-order valence-corrected chi connectivity index (χ4v) is 2.53. The van der Waals surface area contributed by atoms with Crippen LogP contribution in [0.2, 0.25) is 0 Å². The van der Waals surface area contributed by atoms with Gasteiger partial charge in [0.25, 0.3) is 0 Å². The molecule has 0 aliphatic rings. The second kappa shape index (κ2) is 5.62. The minimum absolute atomic E-state index is 1.15. The van der Waals surface area contributed by atoms with Crippen LogP contribution in [0.3, 0.4) is 0 Å². The van der Waals surface area contributed by atoms with Crippen LogP contribution in [0.15, 0.2) is 60.7 Å². The first-order chi connectivity index (χ1) is 7.45. The van der Waals surface area contributed by atoms with Crippen LogP contribution >= 0.6 is 0 Å². The second-order valence-electron chi connectivity index (χ2n) is 3.51. The van der Waals surface area contributed by atoms with Gasteiger partial charge in [-0.25, -0.2) is 0 Å². The van der Waals surface area contributed by atoms with Gasteiger partial charge in [0.2, 0.25) is 0 Å².